The third kappa shape index (κ3) is 9.10. The van der Waals surface area contributed by atoms with Crippen LogP contribution in [-0.4, -0.2) is 55.5 Å². The summed E-state index contributed by atoms with van der Waals surface area (Å²) in [5.74, 6) is -1.02. The number of carbonyl (C=O) groups is 4. The van der Waals surface area contributed by atoms with E-state index >= 15 is 0 Å². The first kappa shape index (κ1) is 35.0. The fourth-order valence-electron chi connectivity index (χ4n) is 4.45. The second-order valence-corrected chi connectivity index (χ2v) is 11.6. The third-order valence-corrected chi connectivity index (χ3v) is 7.83. The van der Waals surface area contributed by atoms with E-state index in [9.17, 15) is 19.2 Å². The SMILES string of the molecule is CCOC(=O)C1=C(C)NC(=O)N[C@H]1c1ccc(OCC(=O)N/N=C\c2cc(Br)c(OCc3ccc(C(=O)O)cc3)c(Br)c2)c(OC)c1. The van der Waals surface area contributed by atoms with Gasteiger partial charge in [0.2, 0.25) is 0 Å². The second-order valence-electron chi connectivity index (χ2n) is 9.89. The van der Waals surface area contributed by atoms with Gasteiger partial charge >= 0.3 is 18.0 Å². The molecule has 0 unspecified atom stereocenters. The average molecular weight is 774 g/mol. The van der Waals surface area contributed by atoms with Gasteiger partial charge in [-0.2, -0.15) is 5.10 Å². The number of carboxylic acid groups (broad SMARTS) is 1. The van der Waals surface area contributed by atoms with Crippen molar-refractivity contribution in [3.63, 3.8) is 0 Å². The minimum absolute atomic E-state index is 0.171. The van der Waals surface area contributed by atoms with E-state index in [2.05, 4.69) is 53.0 Å². The Kier molecular flexibility index (Phi) is 12.0. The standard InChI is InChI=1S/C32H30Br2N4O9/c1-4-45-31(42)27-17(2)36-32(43)37-28(27)21-9-10-24(25(13-21)44-3)46-16-26(39)38-35-14-19-11-22(33)29(23(34)12-19)47-15-18-5-7-20(8-6-18)30(40)41/h5-14,28H,4,15-16H2,1-3H3,(H,38,39)(H,40,41)(H2,36,37,43)/b35-14-/t28-/m0/s1. The van der Waals surface area contributed by atoms with Gasteiger partial charge in [-0.1, -0.05) is 18.2 Å². The molecule has 0 saturated carbocycles. The number of carboxylic acids is 1. The zero-order chi connectivity index (χ0) is 34.1. The van der Waals surface area contributed by atoms with Crippen molar-refractivity contribution in [2.24, 2.45) is 5.10 Å². The van der Waals surface area contributed by atoms with Gasteiger partial charge in [0, 0.05) is 5.70 Å². The predicted molar refractivity (Wildman–Crippen MR) is 178 cm³/mol. The van der Waals surface area contributed by atoms with Crippen molar-refractivity contribution in [2.75, 3.05) is 20.3 Å². The lowest BCUT2D eigenvalue weighted by molar-refractivity contribution is -0.139. The zero-order valence-corrected chi connectivity index (χ0v) is 28.6. The number of halogens is 2. The van der Waals surface area contributed by atoms with Gasteiger partial charge in [-0.05, 0) is 98.8 Å². The van der Waals surface area contributed by atoms with Crippen molar-refractivity contribution in [2.45, 2.75) is 26.5 Å². The predicted octanol–water partition coefficient (Wildman–Crippen LogP) is 5.22. The molecule has 246 valence electrons. The van der Waals surface area contributed by atoms with Gasteiger partial charge in [-0.3, -0.25) is 4.79 Å². The van der Waals surface area contributed by atoms with Crippen LogP contribution >= 0.6 is 31.9 Å². The number of nitrogens with zero attached hydrogens (tertiary/aromatic N) is 1. The molecule has 47 heavy (non-hydrogen) atoms. The Labute approximate surface area is 286 Å². The molecule has 3 amide bonds. The maximum Gasteiger partial charge on any atom is 0.338 e. The summed E-state index contributed by atoms with van der Waals surface area (Å²) >= 11 is 6.96. The van der Waals surface area contributed by atoms with Crippen molar-refractivity contribution in [3.8, 4) is 17.2 Å². The molecule has 3 aromatic carbocycles. The first-order valence-electron chi connectivity index (χ1n) is 14.0. The van der Waals surface area contributed by atoms with Crippen LogP contribution in [0, 0.1) is 0 Å². The number of benzene rings is 3. The van der Waals surface area contributed by atoms with Crippen LogP contribution in [0.5, 0.6) is 17.2 Å². The summed E-state index contributed by atoms with van der Waals surface area (Å²) in [6, 6.07) is 13.4. The summed E-state index contributed by atoms with van der Waals surface area (Å²) in [6.45, 7) is 3.32. The lowest BCUT2D eigenvalue weighted by Gasteiger charge is -2.28. The van der Waals surface area contributed by atoms with Crippen molar-refractivity contribution >= 4 is 62.0 Å². The molecule has 1 atom stereocenters. The number of nitrogens with one attached hydrogen (secondary N) is 3. The van der Waals surface area contributed by atoms with E-state index in [1.165, 1.54) is 25.5 Å². The molecule has 0 saturated heterocycles. The van der Waals surface area contributed by atoms with E-state index in [0.29, 0.717) is 31.5 Å². The highest BCUT2D eigenvalue weighted by Gasteiger charge is 2.32. The number of amides is 3. The van der Waals surface area contributed by atoms with Gasteiger partial charge in [0.1, 0.15) is 12.4 Å². The molecule has 4 N–H and O–H groups in total. The van der Waals surface area contributed by atoms with Crippen LogP contribution in [-0.2, 0) is 20.9 Å². The van der Waals surface area contributed by atoms with Gasteiger partial charge in [-0.25, -0.2) is 19.8 Å². The molecule has 3 aromatic rings. The number of hydrogen-bond donors (Lipinski definition) is 4. The molecule has 0 aliphatic carbocycles. The maximum absolute atomic E-state index is 12.6. The highest BCUT2D eigenvalue weighted by molar-refractivity contribution is 9.11. The second kappa shape index (κ2) is 16.1. The summed E-state index contributed by atoms with van der Waals surface area (Å²) in [7, 11) is 1.43. The smallest absolute Gasteiger partial charge is 0.338 e. The van der Waals surface area contributed by atoms with Crippen molar-refractivity contribution in [3.05, 3.63) is 97.1 Å². The minimum atomic E-state index is -0.999. The van der Waals surface area contributed by atoms with E-state index in [1.54, 1.807) is 56.3 Å². The molecule has 4 rings (SSSR count). The van der Waals surface area contributed by atoms with Crippen molar-refractivity contribution in [1.29, 1.82) is 0 Å². The Balaban J connectivity index is 1.34. The highest BCUT2D eigenvalue weighted by atomic mass is 79.9. The molecule has 0 fully saturated rings. The normalized spacial score (nSPS) is 14.2. The summed E-state index contributed by atoms with van der Waals surface area (Å²) in [5.41, 5.74) is 5.22. The third-order valence-electron chi connectivity index (χ3n) is 6.65. The molecule has 1 aliphatic heterocycles. The first-order chi connectivity index (χ1) is 22.5. The Morgan fingerprint density at radius 2 is 1.72 bits per heavy atom. The number of rotatable bonds is 13. The molecular formula is C32H30Br2N4O9. The van der Waals surface area contributed by atoms with E-state index < -0.39 is 29.9 Å². The van der Waals surface area contributed by atoms with E-state index in [-0.39, 0.29) is 42.5 Å². The maximum atomic E-state index is 12.6. The minimum Gasteiger partial charge on any atom is -0.493 e. The van der Waals surface area contributed by atoms with Crippen LogP contribution in [0.2, 0.25) is 0 Å². The van der Waals surface area contributed by atoms with Crippen LogP contribution in [0.1, 0.15) is 46.9 Å². The van der Waals surface area contributed by atoms with Gasteiger partial charge in [-0.15, -0.1) is 0 Å². The molecule has 15 heteroatoms. The molecule has 0 aromatic heterocycles. The van der Waals surface area contributed by atoms with Crippen LogP contribution in [0.25, 0.3) is 0 Å². The van der Waals surface area contributed by atoms with E-state index in [0.717, 1.165) is 5.56 Å². The largest absolute Gasteiger partial charge is 0.493 e. The lowest BCUT2D eigenvalue weighted by Crippen LogP contribution is -2.45. The number of esters is 1. The number of allylic oxidation sites excluding steroid dienone is 1. The van der Waals surface area contributed by atoms with Gasteiger partial charge in [0.05, 0.1) is 46.1 Å². The van der Waals surface area contributed by atoms with Gasteiger partial charge < -0.3 is 34.7 Å². The average Bonchev–Trinajstić information content (AvgIpc) is 3.03. The molecule has 1 heterocycles. The summed E-state index contributed by atoms with van der Waals surface area (Å²) in [6.07, 6.45) is 1.45. The Hall–Kier alpha value is -4.89. The van der Waals surface area contributed by atoms with Crippen LogP contribution in [0.4, 0.5) is 4.79 Å². The molecule has 0 radical (unpaired) electrons. The molecule has 0 spiro atoms. The first-order valence-corrected chi connectivity index (χ1v) is 15.6. The fourth-order valence-corrected chi connectivity index (χ4v) is 5.90. The van der Waals surface area contributed by atoms with Gasteiger partial charge in [0.15, 0.2) is 18.1 Å². The summed E-state index contributed by atoms with van der Waals surface area (Å²) in [4.78, 5) is 48.3. The van der Waals surface area contributed by atoms with Gasteiger partial charge in [0.25, 0.3) is 5.91 Å². The zero-order valence-electron chi connectivity index (χ0n) is 25.4. The van der Waals surface area contributed by atoms with Crippen LogP contribution in [0.3, 0.4) is 0 Å². The summed E-state index contributed by atoms with van der Waals surface area (Å²) in [5, 5.41) is 18.3. The number of ether oxygens (including phenoxy) is 4. The van der Waals surface area contributed by atoms with Crippen LogP contribution < -0.4 is 30.3 Å². The van der Waals surface area contributed by atoms with Crippen molar-refractivity contribution in [1.82, 2.24) is 16.1 Å². The topological polar surface area (TPSA) is 174 Å². The number of aromatic carboxylic acids is 1. The molecule has 1 aliphatic rings. The fraction of sp³-hybridized carbons (Fsp3) is 0.219. The number of urea groups is 1. The van der Waals surface area contributed by atoms with Crippen molar-refractivity contribution < 1.29 is 43.2 Å². The quantitative estimate of drug-likeness (QED) is 0.103. The molecule has 13 nitrogen and oxygen atoms in total. The summed E-state index contributed by atoms with van der Waals surface area (Å²) < 4.78 is 23.4. The van der Waals surface area contributed by atoms with E-state index in [1.807, 2.05) is 0 Å². The number of methoxy groups -OCH3 is 1. The number of hydrogen-bond acceptors (Lipinski definition) is 9. The number of carbonyl (C=O) groups excluding carboxylic acids is 3. The molecular weight excluding hydrogens is 744 g/mol. The Bertz CT molecular complexity index is 1720. The monoisotopic (exact) mass is 772 g/mol. The van der Waals surface area contributed by atoms with Crippen LogP contribution in [0.15, 0.2) is 79.9 Å². The van der Waals surface area contributed by atoms with E-state index in [4.69, 9.17) is 24.1 Å². The Morgan fingerprint density at radius 3 is 2.36 bits per heavy atom. The lowest BCUT2D eigenvalue weighted by atomic mass is 9.95. The molecule has 0 bridgehead atoms. The Morgan fingerprint density at radius 1 is 1.02 bits per heavy atom. The number of hydrazone groups is 1. The highest BCUT2D eigenvalue weighted by Crippen LogP contribution is 2.36.